The summed E-state index contributed by atoms with van der Waals surface area (Å²) in [6, 6.07) is 21.1. The molecule has 164 valence electrons. The number of fused-ring (bicyclic) bond motifs is 2. The highest BCUT2D eigenvalue weighted by atomic mass is 79.9. The van der Waals surface area contributed by atoms with E-state index >= 15 is 0 Å². The quantitative estimate of drug-likeness (QED) is 0.296. The van der Waals surface area contributed by atoms with Gasteiger partial charge in [-0.1, -0.05) is 34.1 Å². The van der Waals surface area contributed by atoms with E-state index in [0.29, 0.717) is 28.2 Å². The number of ether oxygens (including phenoxy) is 1. The zero-order valence-corrected chi connectivity index (χ0v) is 19.8. The van der Waals surface area contributed by atoms with Gasteiger partial charge >= 0.3 is 0 Å². The number of nitrogens with zero attached hydrogens (tertiary/aromatic N) is 2. The highest BCUT2D eigenvalue weighted by Gasteiger charge is 2.12. The minimum atomic E-state index is -0.122. The number of rotatable bonds is 5. The lowest BCUT2D eigenvalue weighted by Crippen LogP contribution is -2.22. The second-order valence-electron chi connectivity index (χ2n) is 8.06. The summed E-state index contributed by atoms with van der Waals surface area (Å²) >= 11 is 3.54. The second-order valence-corrected chi connectivity index (χ2v) is 8.97. The molecule has 0 saturated heterocycles. The molecule has 0 aliphatic rings. The van der Waals surface area contributed by atoms with Crippen LogP contribution in [0.4, 0.5) is 0 Å². The maximum Gasteiger partial charge on any atom is 0.266 e. The van der Waals surface area contributed by atoms with Gasteiger partial charge in [-0.25, -0.2) is 4.98 Å². The van der Waals surface area contributed by atoms with Gasteiger partial charge in [0, 0.05) is 27.6 Å². The highest BCUT2D eigenvalue weighted by Crippen LogP contribution is 2.25. The molecular formula is C27H22BrN3O2. The highest BCUT2D eigenvalue weighted by molar-refractivity contribution is 9.10. The number of benzene rings is 3. The molecular weight excluding hydrogens is 478 g/mol. The Labute approximate surface area is 199 Å². The molecule has 5 nitrogen and oxygen atoms in total. The summed E-state index contributed by atoms with van der Waals surface area (Å²) in [7, 11) is 0. The number of aromatic amines is 1. The second kappa shape index (κ2) is 8.71. The number of H-pyrrole nitrogens is 1. The van der Waals surface area contributed by atoms with E-state index in [9.17, 15) is 4.79 Å². The van der Waals surface area contributed by atoms with Gasteiger partial charge in [0.2, 0.25) is 0 Å². The summed E-state index contributed by atoms with van der Waals surface area (Å²) in [6.45, 7) is 3.95. The largest absolute Gasteiger partial charge is 0.491 e. The Bertz CT molecular complexity index is 1560. The molecule has 0 amide bonds. The first kappa shape index (κ1) is 21.2. The van der Waals surface area contributed by atoms with E-state index in [2.05, 4.69) is 27.0 Å². The van der Waals surface area contributed by atoms with Crippen molar-refractivity contribution in [2.24, 2.45) is 0 Å². The predicted octanol–water partition coefficient (Wildman–Crippen LogP) is 6.59. The maximum atomic E-state index is 13.5. The van der Waals surface area contributed by atoms with E-state index in [-0.39, 0.29) is 11.7 Å². The van der Waals surface area contributed by atoms with Crippen LogP contribution in [0.1, 0.15) is 25.2 Å². The van der Waals surface area contributed by atoms with Crippen molar-refractivity contribution in [2.75, 3.05) is 0 Å². The van der Waals surface area contributed by atoms with Crippen LogP contribution in [0.5, 0.6) is 5.75 Å². The normalized spacial score (nSPS) is 11.8. The lowest BCUT2D eigenvalue weighted by molar-refractivity contribution is 0.242. The lowest BCUT2D eigenvalue weighted by Gasteiger charge is -2.14. The van der Waals surface area contributed by atoms with Crippen LogP contribution >= 0.6 is 15.9 Å². The Morgan fingerprint density at radius 3 is 2.70 bits per heavy atom. The van der Waals surface area contributed by atoms with Crippen molar-refractivity contribution in [2.45, 2.75) is 20.0 Å². The van der Waals surface area contributed by atoms with E-state index < -0.39 is 0 Å². The van der Waals surface area contributed by atoms with Crippen molar-refractivity contribution in [1.29, 1.82) is 0 Å². The Kier molecular flexibility index (Phi) is 5.60. The molecule has 0 saturated carbocycles. The number of hydrogen-bond donors (Lipinski definition) is 1. The molecule has 0 atom stereocenters. The van der Waals surface area contributed by atoms with Crippen molar-refractivity contribution in [3.8, 4) is 11.4 Å². The summed E-state index contributed by atoms with van der Waals surface area (Å²) < 4.78 is 8.50. The summed E-state index contributed by atoms with van der Waals surface area (Å²) in [5, 5.41) is 1.66. The third kappa shape index (κ3) is 4.22. The monoisotopic (exact) mass is 499 g/mol. The summed E-state index contributed by atoms with van der Waals surface area (Å²) in [5.41, 5.74) is 3.30. The van der Waals surface area contributed by atoms with Gasteiger partial charge in [0.15, 0.2) is 0 Å². The fourth-order valence-electron chi connectivity index (χ4n) is 3.90. The van der Waals surface area contributed by atoms with Crippen LogP contribution in [0.25, 0.3) is 39.6 Å². The summed E-state index contributed by atoms with van der Waals surface area (Å²) in [5.74, 6) is 1.25. The van der Waals surface area contributed by atoms with Crippen LogP contribution in [-0.2, 0) is 0 Å². The van der Waals surface area contributed by atoms with Gasteiger partial charge in [-0.2, -0.15) is 0 Å². The molecule has 2 heterocycles. The van der Waals surface area contributed by atoms with E-state index in [1.165, 1.54) is 0 Å². The Balaban J connectivity index is 1.69. The molecule has 3 aromatic carbocycles. The molecule has 0 unspecified atom stereocenters. The molecule has 0 bridgehead atoms. The average Bonchev–Trinajstić information content (AvgIpc) is 3.19. The van der Waals surface area contributed by atoms with Crippen molar-refractivity contribution in [3.63, 3.8) is 0 Å². The third-order valence-corrected chi connectivity index (χ3v) is 5.83. The topological polar surface area (TPSA) is 59.9 Å². The van der Waals surface area contributed by atoms with Gasteiger partial charge < -0.3 is 9.72 Å². The van der Waals surface area contributed by atoms with Gasteiger partial charge in [-0.05, 0) is 74.0 Å². The van der Waals surface area contributed by atoms with Gasteiger partial charge in [0.05, 0.1) is 22.7 Å². The zero-order valence-electron chi connectivity index (χ0n) is 18.2. The standard InChI is InChI=1S/C27H22BrN3O2/c1-17(2)33-21-7-5-6-20(15-21)31-26(30-25-9-4-3-8-22(25)27(31)32)13-10-18-16-29-24-12-11-19(28)14-23(18)24/h3-17,29H,1-2H3/b13-10+. The van der Waals surface area contributed by atoms with Crippen LogP contribution in [0.3, 0.4) is 0 Å². The number of nitrogens with one attached hydrogen (secondary N) is 1. The Hall–Kier alpha value is -3.64. The van der Waals surface area contributed by atoms with Gasteiger partial charge in [0.25, 0.3) is 5.56 Å². The molecule has 2 aromatic heterocycles. The van der Waals surface area contributed by atoms with Crippen LogP contribution in [0.15, 0.2) is 82.2 Å². The maximum absolute atomic E-state index is 13.5. The average molecular weight is 500 g/mol. The SMILES string of the molecule is CC(C)Oc1cccc(-n2c(/C=C/c3c[nH]c4ccc(Br)cc34)nc3ccccc3c2=O)c1. The first-order valence-electron chi connectivity index (χ1n) is 10.7. The van der Waals surface area contributed by atoms with E-state index in [1.54, 1.807) is 10.6 Å². The van der Waals surface area contributed by atoms with Gasteiger partial charge in [-0.15, -0.1) is 0 Å². The number of aromatic nitrogens is 3. The molecule has 0 aliphatic heterocycles. The van der Waals surface area contributed by atoms with Crippen LogP contribution in [-0.4, -0.2) is 20.6 Å². The summed E-state index contributed by atoms with van der Waals surface area (Å²) in [6.07, 6.45) is 5.85. The molecule has 5 rings (SSSR count). The number of halogens is 1. The molecule has 33 heavy (non-hydrogen) atoms. The molecule has 1 N–H and O–H groups in total. The molecule has 0 radical (unpaired) electrons. The van der Waals surface area contributed by atoms with Crippen LogP contribution < -0.4 is 10.3 Å². The van der Waals surface area contributed by atoms with Crippen molar-refractivity contribution in [1.82, 2.24) is 14.5 Å². The fraction of sp³-hybridized carbons (Fsp3) is 0.111. The molecule has 0 aliphatic carbocycles. The van der Waals surface area contributed by atoms with Crippen LogP contribution in [0, 0.1) is 0 Å². The van der Waals surface area contributed by atoms with Gasteiger partial charge in [-0.3, -0.25) is 9.36 Å². The Morgan fingerprint density at radius 1 is 1.00 bits per heavy atom. The number of hydrogen-bond acceptors (Lipinski definition) is 3. The molecule has 6 heteroatoms. The first-order chi connectivity index (χ1) is 16.0. The minimum Gasteiger partial charge on any atom is -0.491 e. The van der Waals surface area contributed by atoms with Crippen molar-refractivity contribution < 1.29 is 4.74 Å². The van der Waals surface area contributed by atoms with E-state index in [0.717, 1.165) is 20.9 Å². The molecule has 0 spiro atoms. The van der Waals surface area contributed by atoms with Crippen molar-refractivity contribution in [3.05, 3.63) is 99.1 Å². The van der Waals surface area contributed by atoms with Crippen LogP contribution in [0.2, 0.25) is 0 Å². The Morgan fingerprint density at radius 2 is 1.85 bits per heavy atom. The van der Waals surface area contributed by atoms with E-state index in [4.69, 9.17) is 9.72 Å². The molecule has 0 fully saturated rings. The predicted molar refractivity (Wildman–Crippen MR) is 138 cm³/mol. The molecule has 5 aromatic rings. The lowest BCUT2D eigenvalue weighted by atomic mass is 10.1. The van der Waals surface area contributed by atoms with E-state index in [1.807, 2.05) is 86.8 Å². The van der Waals surface area contributed by atoms with Gasteiger partial charge in [0.1, 0.15) is 11.6 Å². The zero-order chi connectivity index (χ0) is 22.9. The summed E-state index contributed by atoms with van der Waals surface area (Å²) in [4.78, 5) is 21.6. The minimum absolute atomic E-state index is 0.0345. The van der Waals surface area contributed by atoms with Crippen molar-refractivity contribution >= 4 is 49.9 Å². The first-order valence-corrected chi connectivity index (χ1v) is 11.5. The smallest absolute Gasteiger partial charge is 0.266 e. The fourth-order valence-corrected chi connectivity index (χ4v) is 4.26. The number of para-hydroxylation sites is 1. The third-order valence-electron chi connectivity index (χ3n) is 5.34.